The van der Waals surface area contributed by atoms with Crippen molar-refractivity contribution < 1.29 is 18.0 Å². The zero-order chi connectivity index (χ0) is 17.6. The van der Waals surface area contributed by atoms with Crippen molar-refractivity contribution in [3.63, 3.8) is 0 Å². The summed E-state index contributed by atoms with van der Waals surface area (Å²) >= 11 is 0. The number of carbonyl (C=O) groups is 1. The van der Waals surface area contributed by atoms with Gasteiger partial charge in [-0.3, -0.25) is 4.79 Å². The minimum absolute atomic E-state index is 0.195. The molecule has 1 aliphatic heterocycles. The van der Waals surface area contributed by atoms with Gasteiger partial charge in [0.2, 0.25) is 0 Å². The van der Waals surface area contributed by atoms with E-state index in [4.69, 9.17) is 4.42 Å². The number of benzene rings is 1. The number of oxazole rings is 1. The Kier molecular flexibility index (Phi) is 3.60. The molecule has 0 saturated heterocycles. The molecule has 3 heterocycles. The molecule has 128 valence electrons. The van der Waals surface area contributed by atoms with E-state index < -0.39 is 11.6 Å². The molecule has 0 bridgehead atoms. The van der Waals surface area contributed by atoms with Crippen LogP contribution < -0.4 is 0 Å². The molecule has 1 N–H and O–H groups in total. The highest BCUT2D eigenvalue weighted by atomic mass is 19.1. The van der Waals surface area contributed by atoms with E-state index in [0.717, 1.165) is 17.5 Å². The van der Waals surface area contributed by atoms with Crippen LogP contribution in [0.5, 0.6) is 0 Å². The number of hydrogen-bond donors (Lipinski definition) is 1. The fourth-order valence-corrected chi connectivity index (χ4v) is 2.94. The van der Waals surface area contributed by atoms with Crippen LogP contribution in [-0.4, -0.2) is 32.3 Å². The molecule has 0 fully saturated rings. The Bertz CT molecular complexity index is 963. The number of H-pyrrole nitrogens is 1. The second-order valence-corrected chi connectivity index (χ2v) is 5.87. The molecule has 0 unspecified atom stereocenters. The Morgan fingerprint density at radius 1 is 1.36 bits per heavy atom. The van der Waals surface area contributed by atoms with Crippen molar-refractivity contribution in [1.82, 2.24) is 19.9 Å². The summed E-state index contributed by atoms with van der Waals surface area (Å²) in [7, 11) is 0. The number of imidazole rings is 1. The predicted molar refractivity (Wildman–Crippen MR) is 83.6 cm³/mol. The lowest BCUT2D eigenvalue weighted by atomic mass is 10.1. The summed E-state index contributed by atoms with van der Waals surface area (Å²) in [5.41, 5.74) is 1.99. The summed E-state index contributed by atoms with van der Waals surface area (Å²) in [5.74, 6) is -0.750. The summed E-state index contributed by atoms with van der Waals surface area (Å²) < 4.78 is 32.1. The smallest absolute Gasteiger partial charge is 0.276 e. The van der Waals surface area contributed by atoms with Crippen molar-refractivity contribution in [3.8, 4) is 11.4 Å². The average molecular weight is 344 g/mol. The predicted octanol–water partition coefficient (Wildman–Crippen LogP) is 2.85. The zero-order valence-corrected chi connectivity index (χ0v) is 13.3. The van der Waals surface area contributed by atoms with E-state index in [1.165, 1.54) is 18.5 Å². The van der Waals surface area contributed by atoms with Gasteiger partial charge in [0.25, 0.3) is 5.91 Å². The SMILES string of the molecule is Cc1ocnc1C(=O)N1CCc2nc(-c3ccc(F)cc3F)[nH]c2C1. The molecular formula is C17H14F2N4O2. The van der Waals surface area contributed by atoms with E-state index in [1.54, 1.807) is 11.8 Å². The molecule has 3 aromatic rings. The van der Waals surface area contributed by atoms with Gasteiger partial charge in [0.05, 0.1) is 23.5 Å². The lowest BCUT2D eigenvalue weighted by Crippen LogP contribution is -2.36. The number of fused-ring (bicyclic) bond motifs is 1. The molecule has 6 nitrogen and oxygen atoms in total. The van der Waals surface area contributed by atoms with Crippen molar-refractivity contribution in [2.75, 3.05) is 6.54 Å². The number of nitrogens with zero attached hydrogens (tertiary/aromatic N) is 3. The second kappa shape index (κ2) is 5.80. The third-order valence-corrected chi connectivity index (χ3v) is 4.25. The van der Waals surface area contributed by atoms with Gasteiger partial charge in [0.15, 0.2) is 12.1 Å². The van der Waals surface area contributed by atoms with Crippen LogP contribution >= 0.6 is 0 Å². The molecule has 8 heteroatoms. The Balaban J connectivity index is 1.61. The van der Waals surface area contributed by atoms with Gasteiger partial charge in [0.1, 0.15) is 23.2 Å². The number of aromatic amines is 1. The maximum absolute atomic E-state index is 14.0. The lowest BCUT2D eigenvalue weighted by Gasteiger charge is -2.25. The number of nitrogens with one attached hydrogen (secondary N) is 1. The number of carbonyl (C=O) groups excluding carboxylic acids is 1. The van der Waals surface area contributed by atoms with Gasteiger partial charge in [-0.1, -0.05) is 0 Å². The zero-order valence-electron chi connectivity index (χ0n) is 13.3. The molecule has 0 radical (unpaired) electrons. The molecule has 0 spiro atoms. The highest BCUT2D eigenvalue weighted by Gasteiger charge is 2.27. The van der Waals surface area contributed by atoms with Crippen molar-refractivity contribution in [3.05, 3.63) is 59.1 Å². The van der Waals surface area contributed by atoms with Gasteiger partial charge in [-0.15, -0.1) is 0 Å². The third-order valence-electron chi connectivity index (χ3n) is 4.25. The van der Waals surface area contributed by atoms with Gasteiger partial charge in [-0.25, -0.2) is 18.7 Å². The molecule has 0 saturated carbocycles. The summed E-state index contributed by atoms with van der Waals surface area (Å²) in [4.78, 5) is 25.6. The first-order valence-corrected chi connectivity index (χ1v) is 7.75. The Hall–Kier alpha value is -3.03. The van der Waals surface area contributed by atoms with Crippen molar-refractivity contribution in [1.29, 1.82) is 0 Å². The highest BCUT2D eigenvalue weighted by Crippen LogP contribution is 2.26. The Morgan fingerprint density at radius 3 is 2.92 bits per heavy atom. The second-order valence-electron chi connectivity index (χ2n) is 5.87. The fraction of sp³-hybridized carbons (Fsp3) is 0.235. The van der Waals surface area contributed by atoms with Gasteiger partial charge < -0.3 is 14.3 Å². The van der Waals surface area contributed by atoms with Gasteiger partial charge >= 0.3 is 0 Å². The van der Waals surface area contributed by atoms with Crippen LogP contribution in [-0.2, 0) is 13.0 Å². The van der Waals surface area contributed by atoms with E-state index in [0.29, 0.717) is 31.1 Å². The summed E-state index contributed by atoms with van der Waals surface area (Å²) in [6.45, 7) is 2.48. The Morgan fingerprint density at radius 2 is 2.20 bits per heavy atom. The van der Waals surface area contributed by atoms with E-state index >= 15 is 0 Å². The van der Waals surface area contributed by atoms with Crippen LogP contribution in [0, 0.1) is 18.6 Å². The highest BCUT2D eigenvalue weighted by molar-refractivity contribution is 5.93. The normalized spacial score (nSPS) is 13.8. The molecule has 2 aromatic heterocycles. The first-order valence-electron chi connectivity index (χ1n) is 7.75. The summed E-state index contributed by atoms with van der Waals surface area (Å²) in [6, 6.07) is 3.35. The Labute approximate surface area is 141 Å². The largest absolute Gasteiger partial charge is 0.448 e. The van der Waals surface area contributed by atoms with E-state index in [1.807, 2.05) is 0 Å². The summed E-state index contributed by atoms with van der Waals surface area (Å²) in [5, 5.41) is 0. The standard InChI is InChI=1S/C17H14F2N4O2/c1-9-15(20-8-25-9)17(24)23-5-4-13-14(7-23)22-16(21-13)11-3-2-10(18)6-12(11)19/h2-3,6,8H,4-5,7H2,1H3,(H,21,22). The van der Waals surface area contributed by atoms with E-state index in [-0.39, 0.29) is 17.2 Å². The van der Waals surface area contributed by atoms with Crippen LogP contribution in [0.25, 0.3) is 11.4 Å². The average Bonchev–Trinajstić information content (AvgIpc) is 3.19. The van der Waals surface area contributed by atoms with Crippen LogP contribution in [0.4, 0.5) is 8.78 Å². The van der Waals surface area contributed by atoms with Crippen molar-refractivity contribution in [2.24, 2.45) is 0 Å². The molecule has 1 aromatic carbocycles. The topological polar surface area (TPSA) is 75.0 Å². The molecule has 0 atom stereocenters. The molecule has 0 aliphatic carbocycles. The monoisotopic (exact) mass is 344 g/mol. The van der Waals surface area contributed by atoms with Crippen molar-refractivity contribution in [2.45, 2.75) is 19.9 Å². The molecule has 25 heavy (non-hydrogen) atoms. The minimum atomic E-state index is -0.683. The third kappa shape index (κ3) is 2.69. The van der Waals surface area contributed by atoms with Gasteiger partial charge in [-0.05, 0) is 19.1 Å². The van der Waals surface area contributed by atoms with Crippen molar-refractivity contribution >= 4 is 5.91 Å². The van der Waals surface area contributed by atoms with Gasteiger partial charge in [0, 0.05) is 19.0 Å². The molecule has 1 aliphatic rings. The minimum Gasteiger partial charge on any atom is -0.448 e. The maximum atomic E-state index is 14.0. The first kappa shape index (κ1) is 15.5. The van der Waals surface area contributed by atoms with Crippen LogP contribution in [0.2, 0.25) is 0 Å². The van der Waals surface area contributed by atoms with Crippen LogP contribution in [0.15, 0.2) is 29.0 Å². The summed E-state index contributed by atoms with van der Waals surface area (Å²) in [6.07, 6.45) is 1.78. The fourth-order valence-electron chi connectivity index (χ4n) is 2.94. The van der Waals surface area contributed by atoms with Crippen LogP contribution in [0.3, 0.4) is 0 Å². The quantitative estimate of drug-likeness (QED) is 0.776. The van der Waals surface area contributed by atoms with E-state index in [9.17, 15) is 13.6 Å². The van der Waals surface area contributed by atoms with E-state index in [2.05, 4.69) is 15.0 Å². The molecule has 4 rings (SSSR count). The lowest BCUT2D eigenvalue weighted by molar-refractivity contribution is 0.0725. The number of halogens is 2. The molecule has 1 amide bonds. The number of hydrogen-bond acceptors (Lipinski definition) is 4. The number of aromatic nitrogens is 3. The number of amides is 1. The van der Waals surface area contributed by atoms with Crippen LogP contribution in [0.1, 0.15) is 27.6 Å². The number of aryl methyl sites for hydroxylation is 1. The first-order chi connectivity index (χ1) is 12.0. The maximum Gasteiger partial charge on any atom is 0.276 e. The number of rotatable bonds is 2. The molecular weight excluding hydrogens is 330 g/mol. The van der Waals surface area contributed by atoms with Gasteiger partial charge in [-0.2, -0.15) is 0 Å².